The summed E-state index contributed by atoms with van der Waals surface area (Å²) in [5.74, 6) is -1.75. The monoisotopic (exact) mass is 286 g/mol. The van der Waals surface area contributed by atoms with Gasteiger partial charge in [-0.3, -0.25) is 9.59 Å². The number of carboxylic acid groups (broad SMARTS) is 1. The van der Waals surface area contributed by atoms with Gasteiger partial charge in [0.1, 0.15) is 6.04 Å². The van der Waals surface area contributed by atoms with Crippen LogP contribution in [0.25, 0.3) is 11.1 Å². The van der Waals surface area contributed by atoms with E-state index in [1.165, 1.54) is 6.92 Å². The maximum absolute atomic E-state index is 12.4. The highest BCUT2D eigenvalue weighted by Gasteiger charge is 2.37. The van der Waals surface area contributed by atoms with Gasteiger partial charge in [-0.1, -0.05) is 23.4 Å². The molecule has 0 saturated heterocycles. The van der Waals surface area contributed by atoms with Crippen molar-refractivity contribution in [2.24, 2.45) is 5.92 Å². The van der Waals surface area contributed by atoms with Crippen molar-refractivity contribution in [1.82, 2.24) is 10.5 Å². The second-order valence-corrected chi connectivity index (χ2v) is 5.13. The van der Waals surface area contributed by atoms with Crippen molar-refractivity contribution in [3.63, 3.8) is 0 Å². The van der Waals surface area contributed by atoms with E-state index in [2.05, 4.69) is 10.5 Å². The minimum Gasteiger partial charge on any atom is -0.481 e. The molecular formula is C15H14N2O4. The third-order valence-corrected chi connectivity index (χ3v) is 3.79. The van der Waals surface area contributed by atoms with Crippen molar-refractivity contribution in [1.29, 1.82) is 0 Å². The van der Waals surface area contributed by atoms with Crippen molar-refractivity contribution < 1.29 is 19.2 Å². The van der Waals surface area contributed by atoms with Crippen molar-refractivity contribution in [3.8, 4) is 11.1 Å². The van der Waals surface area contributed by atoms with Crippen molar-refractivity contribution >= 4 is 11.9 Å². The number of nitrogens with one attached hydrogen (secondary N) is 1. The van der Waals surface area contributed by atoms with Crippen LogP contribution >= 0.6 is 0 Å². The van der Waals surface area contributed by atoms with Gasteiger partial charge in [0.05, 0.1) is 17.2 Å². The normalized spacial score (nSPS) is 18.2. The summed E-state index contributed by atoms with van der Waals surface area (Å²) < 4.78 is 5.33. The molecule has 0 bridgehead atoms. The number of aliphatic carboxylic acids is 1. The molecule has 2 heterocycles. The van der Waals surface area contributed by atoms with Crippen LogP contribution in [0.1, 0.15) is 34.8 Å². The first-order valence-corrected chi connectivity index (χ1v) is 6.60. The predicted octanol–water partition coefficient (Wildman–Crippen LogP) is 2.16. The lowest BCUT2D eigenvalue weighted by molar-refractivity contribution is -0.142. The maximum Gasteiger partial charge on any atom is 0.308 e. The van der Waals surface area contributed by atoms with Gasteiger partial charge in [0.25, 0.3) is 5.91 Å². The molecule has 1 aliphatic heterocycles. The van der Waals surface area contributed by atoms with Crippen LogP contribution in [0.2, 0.25) is 0 Å². The van der Waals surface area contributed by atoms with Crippen LogP contribution < -0.4 is 5.32 Å². The van der Waals surface area contributed by atoms with E-state index < -0.39 is 17.9 Å². The largest absolute Gasteiger partial charge is 0.481 e. The summed E-state index contributed by atoms with van der Waals surface area (Å²) in [5.41, 5.74) is 2.53. The third-order valence-electron chi connectivity index (χ3n) is 3.79. The first-order chi connectivity index (χ1) is 10.0. The van der Waals surface area contributed by atoms with Crippen LogP contribution in [0.4, 0.5) is 0 Å². The van der Waals surface area contributed by atoms with Gasteiger partial charge in [-0.05, 0) is 25.5 Å². The average molecular weight is 286 g/mol. The zero-order valence-corrected chi connectivity index (χ0v) is 11.6. The second kappa shape index (κ2) is 4.73. The smallest absolute Gasteiger partial charge is 0.308 e. The van der Waals surface area contributed by atoms with Crippen LogP contribution in [0.3, 0.4) is 0 Å². The highest BCUT2D eigenvalue weighted by atomic mass is 16.5. The molecule has 2 atom stereocenters. The highest BCUT2D eigenvalue weighted by molar-refractivity contribution is 6.03. The zero-order chi connectivity index (χ0) is 15.1. The quantitative estimate of drug-likeness (QED) is 0.882. The number of aromatic nitrogens is 1. The van der Waals surface area contributed by atoms with E-state index in [4.69, 9.17) is 4.52 Å². The second-order valence-electron chi connectivity index (χ2n) is 5.13. The van der Waals surface area contributed by atoms with Crippen LogP contribution in [-0.2, 0) is 4.79 Å². The molecule has 1 unspecified atom stereocenters. The Hall–Kier alpha value is -2.63. The lowest BCUT2D eigenvalue weighted by Gasteiger charge is -2.18. The van der Waals surface area contributed by atoms with E-state index in [-0.39, 0.29) is 5.91 Å². The molecular weight excluding hydrogens is 272 g/mol. The van der Waals surface area contributed by atoms with Crippen molar-refractivity contribution in [3.05, 3.63) is 41.3 Å². The number of carbonyl (C=O) groups is 2. The fourth-order valence-corrected chi connectivity index (χ4v) is 2.61. The Kier molecular flexibility index (Phi) is 3.01. The van der Waals surface area contributed by atoms with Crippen LogP contribution in [-0.4, -0.2) is 22.1 Å². The SMILES string of the molecule is Cc1noc2c1-c1ccccc1C(=O)N[C@H]2C(C)C(=O)O. The van der Waals surface area contributed by atoms with Gasteiger partial charge in [-0.25, -0.2) is 0 Å². The Morgan fingerprint density at radius 3 is 2.71 bits per heavy atom. The van der Waals surface area contributed by atoms with Crippen LogP contribution in [0.15, 0.2) is 28.8 Å². The van der Waals surface area contributed by atoms with Crippen molar-refractivity contribution in [2.75, 3.05) is 0 Å². The fourth-order valence-electron chi connectivity index (χ4n) is 2.61. The number of carboxylic acids is 1. The highest BCUT2D eigenvalue weighted by Crippen LogP contribution is 2.38. The number of hydrogen-bond acceptors (Lipinski definition) is 4. The Morgan fingerprint density at radius 2 is 2.05 bits per heavy atom. The number of benzene rings is 1. The Bertz CT molecular complexity index is 735. The van der Waals surface area contributed by atoms with Crippen LogP contribution in [0, 0.1) is 12.8 Å². The summed E-state index contributed by atoms with van der Waals surface area (Å²) in [5, 5.41) is 15.9. The average Bonchev–Trinajstić information content (AvgIpc) is 2.79. The molecule has 108 valence electrons. The molecule has 1 aromatic carbocycles. The molecule has 3 rings (SSSR count). The van der Waals surface area contributed by atoms with Gasteiger partial charge >= 0.3 is 5.97 Å². The minimum absolute atomic E-state index is 0.311. The third kappa shape index (κ3) is 1.99. The number of aryl methyl sites for hydroxylation is 1. The van der Waals surface area contributed by atoms with E-state index >= 15 is 0 Å². The molecule has 2 N–H and O–H groups in total. The Balaban J connectivity index is 2.25. The number of amides is 1. The number of rotatable bonds is 2. The molecule has 6 nitrogen and oxygen atoms in total. The van der Waals surface area contributed by atoms with Gasteiger partial charge in [0.2, 0.25) is 0 Å². The lowest BCUT2D eigenvalue weighted by atomic mass is 9.94. The van der Waals surface area contributed by atoms with Crippen molar-refractivity contribution in [2.45, 2.75) is 19.9 Å². The molecule has 6 heteroatoms. The minimum atomic E-state index is -1.01. The molecule has 1 aromatic heterocycles. The molecule has 1 amide bonds. The zero-order valence-electron chi connectivity index (χ0n) is 11.6. The van der Waals surface area contributed by atoms with Crippen LogP contribution in [0.5, 0.6) is 0 Å². The number of fused-ring (bicyclic) bond motifs is 3. The molecule has 0 aliphatic carbocycles. The van der Waals surface area contributed by atoms with Gasteiger partial charge < -0.3 is 14.9 Å². The van der Waals surface area contributed by atoms with E-state index in [0.717, 1.165) is 0 Å². The molecule has 2 aromatic rings. The van der Waals surface area contributed by atoms with Gasteiger partial charge in [0, 0.05) is 5.56 Å². The number of carbonyl (C=O) groups excluding carboxylic acids is 1. The lowest BCUT2D eigenvalue weighted by Crippen LogP contribution is -2.34. The molecule has 21 heavy (non-hydrogen) atoms. The standard InChI is InChI=1S/C15H14N2O4/c1-7(15(19)20)12-13-11(8(2)17-21-13)9-5-3-4-6-10(9)14(18)16-12/h3-7,12H,1-2H3,(H,16,18)(H,19,20)/t7?,12-/m0/s1. The first-order valence-electron chi connectivity index (χ1n) is 6.60. The molecule has 0 saturated carbocycles. The maximum atomic E-state index is 12.4. The molecule has 0 spiro atoms. The number of nitrogens with zero attached hydrogens (tertiary/aromatic N) is 1. The fraction of sp³-hybridized carbons (Fsp3) is 0.267. The summed E-state index contributed by atoms with van der Waals surface area (Å²) in [6.45, 7) is 3.31. The molecule has 1 aliphatic rings. The molecule has 0 fully saturated rings. The van der Waals surface area contributed by atoms with Gasteiger partial charge in [0.15, 0.2) is 5.76 Å². The van der Waals surface area contributed by atoms with E-state index in [9.17, 15) is 14.7 Å². The van der Waals surface area contributed by atoms with Gasteiger partial charge in [-0.15, -0.1) is 0 Å². The summed E-state index contributed by atoms with van der Waals surface area (Å²) in [6, 6.07) is 6.35. The first kappa shape index (κ1) is 13.4. The molecule has 0 radical (unpaired) electrons. The van der Waals surface area contributed by atoms with E-state index in [1.807, 2.05) is 12.1 Å². The number of hydrogen-bond donors (Lipinski definition) is 2. The van der Waals surface area contributed by atoms with Gasteiger partial charge in [-0.2, -0.15) is 0 Å². The topological polar surface area (TPSA) is 92.4 Å². The summed E-state index contributed by atoms with van der Waals surface area (Å²) in [4.78, 5) is 23.6. The van der Waals surface area contributed by atoms with E-state index in [1.54, 1.807) is 19.1 Å². The summed E-state index contributed by atoms with van der Waals surface area (Å²) in [7, 11) is 0. The Labute approximate surface area is 120 Å². The van der Waals surface area contributed by atoms with E-state index in [0.29, 0.717) is 28.1 Å². The summed E-state index contributed by atoms with van der Waals surface area (Å²) >= 11 is 0. The predicted molar refractivity (Wildman–Crippen MR) is 73.7 cm³/mol. The Morgan fingerprint density at radius 1 is 1.38 bits per heavy atom. The summed E-state index contributed by atoms with van der Waals surface area (Å²) in [6.07, 6.45) is 0.